The lowest BCUT2D eigenvalue weighted by Crippen LogP contribution is -2.10. The Labute approximate surface area is 91.8 Å². The normalized spacial score (nSPS) is 15.6. The van der Waals surface area contributed by atoms with Crippen molar-refractivity contribution < 1.29 is 0 Å². The molecular formula is C8H10Cl2N4. The fourth-order valence-corrected chi connectivity index (χ4v) is 1.61. The molecule has 1 fully saturated rings. The quantitative estimate of drug-likeness (QED) is 0.617. The van der Waals surface area contributed by atoms with E-state index in [1.165, 1.54) is 0 Å². The summed E-state index contributed by atoms with van der Waals surface area (Å²) in [6.07, 6.45) is 2.31. The highest BCUT2D eigenvalue weighted by Crippen LogP contribution is 2.28. The molecule has 0 radical (unpaired) electrons. The number of anilines is 1. The molecule has 1 aromatic rings. The molecule has 0 unspecified atom stereocenters. The second-order valence-electron chi connectivity index (χ2n) is 3.23. The SMILES string of the molecule is NCc1c(Cl)nc(Cl)nc1NC1CC1. The van der Waals surface area contributed by atoms with Crippen LogP contribution in [0.1, 0.15) is 18.4 Å². The maximum absolute atomic E-state index is 5.88. The van der Waals surface area contributed by atoms with Crippen LogP contribution in [0.25, 0.3) is 0 Å². The first kappa shape index (κ1) is 9.96. The Bertz CT molecular complexity index is 351. The summed E-state index contributed by atoms with van der Waals surface area (Å²) in [5.74, 6) is 0.667. The van der Waals surface area contributed by atoms with Crippen LogP contribution in [0.5, 0.6) is 0 Å². The molecule has 6 heteroatoms. The predicted molar refractivity (Wildman–Crippen MR) is 56.6 cm³/mol. The number of aromatic nitrogens is 2. The monoisotopic (exact) mass is 232 g/mol. The van der Waals surface area contributed by atoms with Crippen LogP contribution in [0.15, 0.2) is 0 Å². The lowest BCUT2D eigenvalue weighted by Gasteiger charge is -2.09. The minimum Gasteiger partial charge on any atom is -0.367 e. The van der Waals surface area contributed by atoms with Gasteiger partial charge in [-0.25, -0.2) is 9.97 Å². The average Bonchev–Trinajstić information content (AvgIpc) is 2.87. The van der Waals surface area contributed by atoms with E-state index < -0.39 is 0 Å². The zero-order valence-corrected chi connectivity index (χ0v) is 8.94. The van der Waals surface area contributed by atoms with Gasteiger partial charge < -0.3 is 11.1 Å². The van der Waals surface area contributed by atoms with Crippen LogP contribution in [0.4, 0.5) is 5.82 Å². The van der Waals surface area contributed by atoms with E-state index >= 15 is 0 Å². The topological polar surface area (TPSA) is 63.8 Å². The molecule has 1 aliphatic carbocycles. The highest BCUT2D eigenvalue weighted by atomic mass is 35.5. The number of hydrogen-bond donors (Lipinski definition) is 2. The van der Waals surface area contributed by atoms with Gasteiger partial charge in [0.15, 0.2) is 0 Å². The van der Waals surface area contributed by atoms with Crippen LogP contribution in [-0.4, -0.2) is 16.0 Å². The molecule has 1 aliphatic rings. The van der Waals surface area contributed by atoms with Gasteiger partial charge >= 0.3 is 0 Å². The van der Waals surface area contributed by atoms with E-state index in [1.807, 2.05) is 0 Å². The molecule has 2 rings (SSSR count). The number of nitrogens with zero attached hydrogens (tertiary/aromatic N) is 2. The summed E-state index contributed by atoms with van der Waals surface area (Å²) in [5.41, 5.74) is 6.28. The standard InChI is InChI=1S/C8H10Cl2N4/c9-6-5(3-11)7(12-4-1-2-4)14-8(10)13-6/h4H,1-3,11H2,(H,12,13,14). The van der Waals surface area contributed by atoms with Crippen LogP contribution < -0.4 is 11.1 Å². The Balaban J connectivity index is 2.33. The first-order valence-corrected chi connectivity index (χ1v) is 5.15. The van der Waals surface area contributed by atoms with Gasteiger partial charge in [0.25, 0.3) is 0 Å². The van der Waals surface area contributed by atoms with Crippen LogP contribution in [0, 0.1) is 0 Å². The first-order chi connectivity index (χ1) is 6.70. The van der Waals surface area contributed by atoms with Crippen LogP contribution in [0.3, 0.4) is 0 Å². The van der Waals surface area contributed by atoms with E-state index in [-0.39, 0.29) is 5.28 Å². The van der Waals surface area contributed by atoms with Crippen molar-refractivity contribution in [1.82, 2.24) is 9.97 Å². The maximum atomic E-state index is 5.88. The molecule has 3 N–H and O–H groups in total. The second kappa shape index (κ2) is 3.88. The first-order valence-electron chi connectivity index (χ1n) is 4.39. The van der Waals surface area contributed by atoms with Gasteiger partial charge in [-0.1, -0.05) is 11.6 Å². The highest BCUT2D eigenvalue weighted by Gasteiger charge is 2.23. The summed E-state index contributed by atoms with van der Waals surface area (Å²) in [6.45, 7) is 0.311. The molecule has 1 aromatic heterocycles. The van der Waals surface area contributed by atoms with Crippen molar-refractivity contribution in [3.8, 4) is 0 Å². The summed E-state index contributed by atoms with van der Waals surface area (Å²) in [7, 11) is 0. The van der Waals surface area contributed by atoms with Gasteiger partial charge in [-0.2, -0.15) is 0 Å². The van der Waals surface area contributed by atoms with Crippen molar-refractivity contribution in [2.24, 2.45) is 5.73 Å². The molecule has 0 spiro atoms. The molecule has 0 aliphatic heterocycles. The Morgan fingerprint density at radius 2 is 2.07 bits per heavy atom. The van der Waals surface area contributed by atoms with Gasteiger partial charge in [0.1, 0.15) is 11.0 Å². The third kappa shape index (κ3) is 2.08. The summed E-state index contributed by atoms with van der Waals surface area (Å²) in [4.78, 5) is 7.90. The third-order valence-corrected chi connectivity index (χ3v) is 2.53. The van der Waals surface area contributed by atoms with Crippen molar-refractivity contribution in [3.05, 3.63) is 16.0 Å². The molecule has 0 saturated heterocycles. The van der Waals surface area contributed by atoms with Gasteiger partial charge in [-0.15, -0.1) is 0 Å². The van der Waals surface area contributed by atoms with Crippen molar-refractivity contribution >= 4 is 29.0 Å². The zero-order valence-electron chi connectivity index (χ0n) is 7.43. The summed E-state index contributed by atoms with van der Waals surface area (Å²) >= 11 is 11.6. The van der Waals surface area contributed by atoms with Gasteiger partial charge in [-0.05, 0) is 24.4 Å². The molecule has 1 heterocycles. The van der Waals surface area contributed by atoms with E-state index in [2.05, 4.69) is 15.3 Å². The van der Waals surface area contributed by atoms with Crippen molar-refractivity contribution in [3.63, 3.8) is 0 Å². The van der Waals surface area contributed by atoms with Crippen LogP contribution in [0.2, 0.25) is 10.4 Å². The molecule has 76 valence electrons. The van der Waals surface area contributed by atoms with E-state index in [4.69, 9.17) is 28.9 Å². The van der Waals surface area contributed by atoms with Crippen LogP contribution >= 0.6 is 23.2 Å². The molecule has 1 saturated carbocycles. The Morgan fingerprint density at radius 3 is 2.64 bits per heavy atom. The minimum atomic E-state index is 0.148. The van der Waals surface area contributed by atoms with Crippen molar-refractivity contribution in [2.75, 3.05) is 5.32 Å². The number of halogens is 2. The molecular weight excluding hydrogens is 223 g/mol. The Kier molecular flexibility index (Phi) is 2.76. The fraction of sp³-hybridized carbons (Fsp3) is 0.500. The minimum absolute atomic E-state index is 0.148. The van der Waals surface area contributed by atoms with Gasteiger partial charge in [0.05, 0.1) is 0 Å². The smallest absolute Gasteiger partial charge is 0.225 e. The molecule has 0 amide bonds. The summed E-state index contributed by atoms with van der Waals surface area (Å²) in [6, 6.07) is 0.488. The molecule has 14 heavy (non-hydrogen) atoms. The number of hydrogen-bond acceptors (Lipinski definition) is 4. The number of nitrogens with one attached hydrogen (secondary N) is 1. The maximum Gasteiger partial charge on any atom is 0.225 e. The predicted octanol–water partition coefficient (Wildman–Crippen LogP) is 1.82. The lowest BCUT2D eigenvalue weighted by molar-refractivity contribution is 0.986. The fourth-order valence-electron chi connectivity index (χ4n) is 1.15. The lowest BCUT2D eigenvalue weighted by atomic mass is 10.3. The molecule has 0 bridgehead atoms. The third-order valence-electron chi connectivity index (χ3n) is 2.05. The van der Waals surface area contributed by atoms with Crippen molar-refractivity contribution in [1.29, 1.82) is 0 Å². The molecule has 0 atom stereocenters. The second-order valence-corrected chi connectivity index (χ2v) is 3.93. The molecule has 4 nitrogen and oxygen atoms in total. The van der Waals surface area contributed by atoms with E-state index in [0.29, 0.717) is 23.6 Å². The summed E-state index contributed by atoms with van der Waals surface area (Å²) in [5, 5.41) is 3.69. The highest BCUT2D eigenvalue weighted by molar-refractivity contribution is 6.32. The number of rotatable bonds is 3. The van der Waals surface area contributed by atoms with Crippen LogP contribution in [-0.2, 0) is 6.54 Å². The largest absolute Gasteiger partial charge is 0.367 e. The number of nitrogens with two attached hydrogens (primary N) is 1. The Morgan fingerprint density at radius 1 is 1.36 bits per heavy atom. The summed E-state index contributed by atoms with van der Waals surface area (Å²) < 4.78 is 0. The van der Waals surface area contributed by atoms with Gasteiger partial charge in [0.2, 0.25) is 5.28 Å². The van der Waals surface area contributed by atoms with E-state index in [9.17, 15) is 0 Å². The average molecular weight is 233 g/mol. The zero-order chi connectivity index (χ0) is 10.1. The van der Waals surface area contributed by atoms with Gasteiger partial charge in [-0.3, -0.25) is 0 Å². The Hall–Kier alpha value is -0.580. The van der Waals surface area contributed by atoms with Crippen molar-refractivity contribution in [2.45, 2.75) is 25.4 Å². The molecule has 0 aromatic carbocycles. The van der Waals surface area contributed by atoms with E-state index in [1.54, 1.807) is 0 Å². The van der Waals surface area contributed by atoms with Gasteiger partial charge in [0, 0.05) is 18.2 Å². The van der Waals surface area contributed by atoms with E-state index in [0.717, 1.165) is 18.4 Å².